The maximum absolute atomic E-state index is 14.4. The van der Waals surface area contributed by atoms with Gasteiger partial charge in [-0.05, 0) is 24.1 Å². The standard InChI is InChI=1S/C16H27FN4O4S2.ClH/c1-20(2)27(24,25)11-3-10-26(22,23)19-13-14-4-5-16(15(17)12-14)21-8-6-18-7-9-21;/h4-5,12,18-19H,3,6-11,13H2,1-2H3;1H. The van der Waals surface area contributed by atoms with Crippen molar-refractivity contribution in [2.24, 2.45) is 0 Å². The molecule has 0 radical (unpaired) electrons. The van der Waals surface area contributed by atoms with E-state index < -0.39 is 20.0 Å². The molecule has 1 aliphatic heterocycles. The molecule has 8 nitrogen and oxygen atoms in total. The number of nitrogens with zero attached hydrogens (tertiary/aromatic N) is 2. The molecule has 0 saturated carbocycles. The summed E-state index contributed by atoms with van der Waals surface area (Å²) in [4.78, 5) is 1.95. The molecule has 2 rings (SSSR count). The van der Waals surface area contributed by atoms with Gasteiger partial charge in [-0.15, -0.1) is 12.4 Å². The second-order valence-corrected chi connectivity index (χ2v) is 10.8. The summed E-state index contributed by atoms with van der Waals surface area (Å²) in [6.45, 7) is 2.99. The normalized spacial score (nSPS) is 15.5. The quantitative estimate of drug-likeness (QED) is 0.554. The molecular weight excluding hydrogens is 431 g/mol. The average Bonchev–Trinajstić information content (AvgIpc) is 2.60. The number of hydrogen-bond donors (Lipinski definition) is 2. The summed E-state index contributed by atoms with van der Waals surface area (Å²) in [5, 5.41) is 3.20. The smallest absolute Gasteiger partial charge is 0.213 e. The maximum Gasteiger partial charge on any atom is 0.213 e. The van der Waals surface area contributed by atoms with Gasteiger partial charge in [0.05, 0.1) is 17.2 Å². The van der Waals surface area contributed by atoms with Gasteiger partial charge in [0.1, 0.15) is 5.82 Å². The Kier molecular flexibility index (Phi) is 9.57. The van der Waals surface area contributed by atoms with Gasteiger partial charge in [-0.2, -0.15) is 0 Å². The van der Waals surface area contributed by atoms with E-state index in [4.69, 9.17) is 0 Å². The minimum absolute atomic E-state index is 0. The Hall–Kier alpha value is -0.980. The number of benzene rings is 1. The van der Waals surface area contributed by atoms with Crippen LogP contribution in [0.3, 0.4) is 0 Å². The molecule has 1 heterocycles. The topological polar surface area (TPSA) is 98.8 Å². The number of rotatable bonds is 9. The molecule has 1 saturated heterocycles. The van der Waals surface area contributed by atoms with Crippen LogP contribution in [0.4, 0.5) is 10.1 Å². The summed E-state index contributed by atoms with van der Waals surface area (Å²) in [5.41, 5.74) is 1.02. The fourth-order valence-corrected chi connectivity index (χ4v) is 4.81. The van der Waals surface area contributed by atoms with Gasteiger partial charge >= 0.3 is 0 Å². The van der Waals surface area contributed by atoms with Crippen molar-refractivity contribution in [1.82, 2.24) is 14.3 Å². The first kappa shape index (κ1) is 25.1. The molecule has 1 aliphatic rings. The molecule has 0 aromatic heterocycles. The highest BCUT2D eigenvalue weighted by Crippen LogP contribution is 2.21. The van der Waals surface area contributed by atoms with Crippen LogP contribution in [0, 0.1) is 5.82 Å². The molecule has 1 aromatic carbocycles. The largest absolute Gasteiger partial charge is 0.367 e. The number of halogens is 2. The van der Waals surface area contributed by atoms with Gasteiger partial charge in [-0.3, -0.25) is 0 Å². The Labute approximate surface area is 173 Å². The Morgan fingerprint density at radius 2 is 1.79 bits per heavy atom. The Bertz CT molecular complexity index is 844. The Morgan fingerprint density at radius 3 is 2.36 bits per heavy atom. The van der Waals surface area contributed by atoms with Gasteiger partial charge in [0, 0.05) is 46.8 Å². The number of hydrogen-bond acceptors (Lipinski definition) is 6. The third-order valence-corrected chi connectivity index (χ3v) is 7.67. The molecule has 0 spiro atoms. The molecule has 2 N–H and O–H groups in total. The van der Waals surface area contributed by atoms with E-state index >= 15 is 0 Å². The van der Waals surface area contributed by atoms with Gasteiger partial charge in [0.2, 0.25) is 20.0 Å². The minimum Gasteiger partial charge on any atom is -0.367 e. The van der Waals surface area contributed by atoms with Crippen molar-refractivity contribution in [3.63, 3.8) is 0 Å². The summed E-state index contributed by atoms with van der Waals surface area (Å²) < 4.78 is 65.2. The first-order chi connectivity index (χ1) is 12.6. The number of sulfonamides is 2. The molecule has 0 unspecified atom stereocenters. The zero-order chi connectivity index (χ0) is 20.1. The molecule has 0 aliphatic carbocycles. The minimum atomic E-state index is -3.65. The SMILES string of the molecule is CN(C)S(=O)(=O)CCCS(=O)(=O)NCc1ccc(N2CCNCC2)c(F)c1.Cl. The molecule has 1 aromatic rings. The van der Waals surface area contributed by atoms with Crippen LogP contribution in [0.15, 0.2) is 18.2 Å². The van der Waals surface area contributed by atoms with E-state index in [2.05, 4.69) is 10.0 Å². The van der Waals surface area contributed by atoms with Gasteiger partial charge in [-0.25, -0.2) is 30.3 Å². The second kappa shape index (κ2) is 10.7. The van der Waals surface area contributed by atoms with E-state index in [0.717, 1.165) is 30.5 Å². The van der Waals surface area contributed by atoms with Crippen molar-refractivity contribution >= 4 is 38.1 Å². The van der Waals surface area contributed by atoms with Crippen molar-refractivity contribution < 1.29 is 21.2 Å². The number of nitrogens with one attached hydrogen (secondary N) is 2. The highest BCUT2D eigenvalue weighted by molar-refractivity contribution is 7.90. The monoisotopic (exact) mass is 458 g/mol. The van der Waals surface area contributed by atoms with Gasteiger partial charge in [0.25, 0.3) is 0 Å². The van der Waals surface area contributed by atoms with Crippen LogP contribution in [0.25, 0.3) is 0 Å². The number of anilines is 1. The lowest BCUT2D eigenvalue weighted by molar-refractivity contribution is 0.519. The van der Waals surface area contributed by atoms with Crippen LogP contribution in [-0.2, 0) is 26.6 Å². The van der Waals surface area contributed by atoms with Crippen molar-refractivity contribution in [2.45, 2.75) is 13.0 Å². The molecule has 12 heteroatoms. The summed E-state index contributed by atoms with van der Waals surface area (Å²) in [6, 6.07) is 4.68. The lowest BCUT2D eigenvalue weighted by atomic mass is 10.1. The predicted molar refractivity (Wildman–Crippen MR) is 111 cm³/mol. The molecular formula is C16H28ClFN4O4S2. The second-order valence-electron chi connectivity index (χ2n) is 6.61. The zero-order valence-corrected chi connectivity index (χ0v) is 18.5. The fraction of sp³-hybridized carbons (Fsp3) is 0.625. The van der Waals surface area contributed by atoms with Crippen LogP contribution in [0.5, 0.6) is 0 Å². The average molecular weight is 459 g/mol. The third kappa shape index (κ3) is 7.45. The molecule has 1 fully saturated rings. The van der Waals surface area contributed by atoms with Crippen molar-refractivity contribution in [3.8, 4) is 0 Å². The number of piperazine rings is 1. The fourth-order valence-electron chi connectivity index (χ4n) is 2.70. The summed E-state index contributed by atoms with van der Waals surface area (Å²) >= 11 is 0. The summed E-state index contributed by atoms with van der Waals surface area (Å²) in [6.07, 6.45) is -0.00780. The lowest BCUT2D eigenvalue weighted by Gasteiger charge is -2.29. The summed E-state index contributed by atoms with van der Waals surface area (Å²) in [5.74, 6) is -0.929. The van der Waals surface area contributed by atoms with Crippen LogP contribution >= 0.6 is 12.4 Å². The molecule has 0 amide bonds. The first-order valence-electron chi connectivity index (χ1n) is 8.72. The van der Waals surface area contributed by atoms with Crippen molar-refractivity contribution in [1.29, 1.82) is 0 Å². The van der Waals surface area contributed by atoms with E-state index in [1.54, 1.807) is 12.1 Å². The van der Waals surface area contributed by atoms with Crippen LogP contribution < -0.4 is 14.9 Å². The zero-order valence-electron chi connectivity index (χ0n) is 16.0. The van der Waals surface area contributed by atoms with E-state index in [1.807, 2.05) is 4.90 Å². The Morgan fingerprint density at radius 1 is 1.14 bits per heavy atom. The van der Waals surface area contributed by atoms with Gasteiger partial charge < -0.3 is 10.2 Å². The van der Waals surface area contributed by atoms with Crippen LogP contribution in [0.2, 0.25) is 0 Å². The van der Waals surface area contributed by atoms with Crippen molar-refractivity contribution in [3.05, 3.63) is 29.6 Å². The maximum atomic E-state index is 14.4. The van der Waals surface area contributed by atoms with E-state index in [0.29, 0.717) is 11.3 Å². The lowest BCUT2D eigenvalue weighted by Crippen LogP contribution is -2.43. The Balaban J connectivity index is 0.00000392. The van der Waals surface area contributed by atoms with E-state index in [1.165, 1.54) is 20.2 Å². The van der Waals surface area contributed by atoms with E-state index in [-0.39, 0.29) is 42.7 Å². The van der Waals surface area contributed by atoms with Crippen LogP contribution in [-0.4, -0.2) is 72.9 Å². The molecule has 162 valence electrons. The highest BCUT2D eigenvalue weighted by atomic mass is 35.5. The molecule has 0 atom stereocenters. The van der Waals surface area contributed by atoms with Gasteiger partial charge in [0.15, 0.2) is 0 Å². The van der Waals surface area contributed by atoms with Gasteiger partial charge in [-0.1, -0.05) is 6.07 Å². The highest BCUT2D eigenvalue weighted by Gasteiger charge is 2.18. The van der Waals surface area contributed by atoms with Crippen LogP contribution in [0.1, 0.15) is 12.0 Å². The van der Waals surface area contributed by atoms with Crippen molar-refractivity contribution in [2.75, 3.05) is 56.7 Å². The molecule has 0 bridgehead atoms. The summed E-state index contributed by atoms with van der Waals surface area (Å²) in [7, 11) is -4.26. The molecule has 28 heavy (non-hydrogen) atoms. The third-order valence-electron chi connectivity index (χ3n) is 4.34. The predicted octanol–water partition coefficient (Wildman–Crippen LogP) is 0.358. The van der Waals surface area contributed by atoms with E-state index in [9.17, 15) is 21.2 Å². The first-order valence-corrected chi connectivity index (χ1v) is 12.0.